The molecule has 5 heteroatoms. The maximum atomic E-state index is 12.4. The number of benzene rings is 1. The van der Waals surface area contributed by atoms with E-state index in [1.165, 1.54) is 12.1 Å². The third-order valence-electron chi connectivity index (χ3n) is 3.46. The number of hydrogen-bond acceptors (Lipinski definition) is 2. The summed E-state index contributed by atoms with van der Waals surface area (Å²) in [7, 11) is 0. The second kappa shape index (κ2) is 5.81. The van der Waals surface area contributed by atoms with Crippen LogP contribution in [0.25, 0.3) is 0 Å². The van der Waals surface area contributed by atoms with Crippen molar-refractivity contribution < 1.29 is 4.79 Å². The van der Waals surface area contributed by atoms with E-state index in [2.05, 4.69) is 0 Å². The molecule has 2 rings (SSSR count). The van der Waals surface area contributed by atoms with Gasteiger partial charge in [0.05, 0.1) is 15.6 Å². The van der Waals surface area contributed by atoms with Gasteiger partial charge < -0.3 is 4.90 Å². The van der Waals surface area contributed by atoms with E-state index in [0.717, 1.165) is 25.8 Å². The summed E-state index contributed by atoms with van der Waals surface area (Å²) in [4.78, 5) is 14.3. The van der Waals surface area contributed by atoms with Crippen molar-refractivity contribution >= 4 is 29.1 Å². The predicted octanol–water partition coefficient (Wildman–Crippen LogP) is 3.88. The van der Waals surface area contributed by atoms with Gasteiger partial charge in [-0.1, -0.05) is 23.2 Å². The topological polar surface area (TPSA) is 44.1 Å². The van der Waals surface area contributed by atoms with Crippen molar-refractivity contribution in [3.05, 3.63) is 33.3 Å². The number of likely N-dealkylation sites (tertiary alicyclic amines) is 1. The number of halogens is 2. The second-order valence-electron chi connectivity index (χ2n) is 4.77. The lowest BCUT2D eigenvalue weighted by Crippen LogP contribution is -2.42. The Kier molecular flexibility index (Phi) is 4.34. The molecule has 1 atom stereocenters. The van der Waals surface area contributed by atoms with E-state index in [0.29, 0.717) is 5.56 Å². The number of rotatable bonds is 1. The molecule has 1 aromatic carbocycles. The van der Waals surface area contributed by atoms with Crippen LogP contribution < -0.4 is 0 Å². The summed E-state index contributed by atoms with van der Waals surface area (Å²) in [6.07, 6.45) is 3.19. The van der Waals surface area contributed by atoms with Crippen molar-refractivity contribution in [3.8, 4) is 6.07 Å². The largest absolute Gasteiger partial charge is 0.336 e. The number of nitrogens with zero attached hydrogens (tertiary/aromatic N) is 2. The second-order valence-corrected chi connectivity index (χ2v) is 5.58. The van der Waals surface area contributed by atoms with Crippen LogP contribution in [0.1, 0.15) is 42.1 Å². The number of nitriles is 1. The lowest BCUT2D eigenvalue weighted by molar-refractivity contribution is 0.0635. The van der Waals surface area contributed by atoms with Gasteiger partial charge in [-0.3, -0.25) is 4.79 Å². The molecule has 0 bridgehead atoms. The molecule has 0 N–H and O–H groups in total. The minimum absolute atomic E-state index is 0.0690. The van der Waals surface area contributed by atoms with E-state index in [1.54, 1.807) is 0 Å². The van der Waals surface area contributed by atoms with E-state index in [1.807, 2.05) is 17.9 Å². The Morgan fingerprint density at radius 2 is 2.00 bits per heavy atom. The summed E-state index contributed by atoms with van der Waals surface area (Å²) in [5.74, 6) is -0.0690. The molecule has 1 aliphatic rings. The van der Waals surface area contributed by atoms with Gasteiger partial charge in [-0.05, 0) is 38.3 Å². The van der Waals surface area contributed by atoms with Crippen LogP contribution in [0.3, 0.4) is 0 Å². The zero-order chi connectivity index (χ0) is 14.0. The molecule has 0 radical (unpaired) electrons. The van der Waals surface area contributed by atoms with Gasteiger partial charge in [0, 0.05) is 18.2 Å². The smallest absolute Gasteiger partial charge is 0.254 e. The average Bonchev–Trinajstić information content (AvgIpc) is 2.38. The van der Waals surface area contributed by atoms with Crippen molar-refractivity contribution in [3.63, 3.8) is 0 Å². The van der Waals surface area contributed by atoms with Crippen molar-refractivity contribution in [2.24, 2.45) is 0 Å². The number of amides is 1. The third-order valence-corrected chi connectivity index (χ3v) is 4.06. The van der Waals surface area contributed by atoms with Gasteiger partial charge in [0.15, 0.2) is 0 Å². The number of piperidine rings is 1. The van der Waals surface area contributed by atoms with Gasteiger partial charge in [-0.25, -0.2) is 0 Å². The van der Waals surface area contributed by atoms with Crippen LogP contribution in [0.4, 0.5) is 0 Å². The van der Waals surface area contributed by atoms with E-state index in [9.17, 15) is 4.79 Å². The van der Waals surface area contributed by atoms with Crippen molar-refractivity contribution in [1.29, 1.82) is 5.26 Å². The van der Waals surface area contributed by atoms with Gasteiger partial charge in [-0.15, -0.1) is 0 Å². The molecule has 1 aliphatic heterocycles. The van der Waals surface area contributed by atoms with Crippen LogP contribution in [0.15, 0.2) is 12.1 Å². The molecule has 0 spiro atoms. The maximum absolute atomic E-state index is 12.4. The number of carbonyl (C=O) groups is 1. The molecule has 0 unspecified atom stereocenters. The first kappa shape index (κ1) is 14.2. The first-order valence-corrected chi connectivity index (χ1v) is 7.00. The summed E-state index contributed by atoms with van der Waals surface area (Å²) in [5.41, 5.74) is 0.661. The lowest BCUT2D eigenvalue weighted by Gasteiger charge is -2.33. The highest BCUT2D eigenvalue weighted by Gasteiger charge is 2.25. The van der Waals surface area contributed by atoms with Crippen LogP contribution in [-0.4, -0.2) is 23.4 Å². The highest BCUT2D eigenvalue weighted by atomic mass is 35.5. The molecule has 1 amide bonds. The first-order chi connectivity index (χ1) is 9.04. The third kappa shape index (κ3) is 2.86. The Labute approximate surface area is 122 Å². The fourth-order valence-corrected chi connectivity index (χ4v) is 2.94. The highest BCUT2D eigenvalue weighted by molar-refractivity contribution is 6.37. The lowest BCUT2D eigenvalue weighted by atomic mass is 10.0. The van der Waals surface area contributed by atoms with E-state index < -0.39 is 0 Å². The molecule has 1 saturated heterocycles. The highest BCUT2D eigenvalue weighted by Crippen LogP contribution is 2.27. The Morgan fingerprint density at radius 1 is 1.37 bits per heavy atom. The molecule has 0 aliphatic carbocycles. The van der Waals surface area contributed by atoms with Gasteiger partial charge in [0.1, 0.15) is 6.07 Å². The number of carbonyl (C=O) groups excluding carboxylic acids is 1. The van der Waals surface area contributed by atoms with Crippen LogP contribution in [0.2, 0.25) is 10.0 Å². The van der Waals surface area contributed by atoms with Gasteiger partial charge in [0.25, 0.3) is 5.91 Å². The quantitative estimate of drug-likeness (QED) is 0.789. The molecule has 1 fully saturated rings. The molecular formula is C14H14Cl2N2O. The zero-order valence-electron chi connectivity index (χ0n) is 10.6. The van der Waals surface area contributed by atoms with Gasteiger partial charge in [-0.2, -0.15) is 5.26 Å². The summed E-state index contributed by atoms with van der Waals surface area (Å²) in [5, 5.41) is 9.36. The Bertz CT molecular complexity index is 528. The minimum Gasteiger partial charge on any atom is -0.336 e. The van der Waals surface area contributed by atoms with Crippen molar-refractivity contribution in [2.45, 2.75) is 32.2 Å². The molecule has 3 nitrogen and oxygen atoms in total. The predicted molar refractivity (Wildman–Crippen MR) is 75.5 cm³/mol. The Balaban J connectivity index is 2.32. The van der Waals surface area contributed by atoms with Crippen LogP contribution in [-0.2, 0) is 0 Å². The minimum atomic E-state index is -0.0690. The molecule has 19 heavy (non-hydrogen) atoms. The van der Waals surface area contributed by atoms with Gasteiger partial charge in [0.2, 0.25) is 0 Å². The summed E-state index contributed by atoms with van der Waals surface area (Å²) >= 11 is 12.0. The Hall–Kier alpha value is -1.24. The number of hydrogen-bond donors (Lipinski definition) is 0. The Morgan fingerprint density at radius 3 is 2.53 bits per heavy atom. The summed E-state index contributed by atoms with van der Waals surface area (Å²) in [6, 6.07) is 5.21. The zero-order valence-corrected chi connectivity index (χ0v) is 12.1. The van der Waals surface area contributed by atoms with E-state index in [-0.39, 0.29) is 27.6 Å². The first-order valence-electron chi connectivity index (χ1n) is 6.24. The summed E-state index contributed by atoms with van der Waals surface area (Å²) in [6.45, 7) is 2.80. The molecule has 1 aromatic rings. The molecule has 100 valence electrons. The molecular weight excluding hydrogens is 283 g/mol. The van der Waals surface area contributed by atoms with Crippen molar-refractivity contribution in [1.82, 2.24) is 4.90 Å². The average molecular weight is 297 g/mol. The van der Waals surface area contributed by atoms with E-state index >= 15 is 0 Å². The standard InChI is InChI=1S/C14H14Cl2N2O/c1-9-4-2-3-5-18(9)14(19)10-6-12(15)11(8-17)13(16)7-10/h6-7,9H,2-5H2,1H3/t9-/m1/s1. The van der Waals surface area contributed by atoms with Crippen LogP contribution in [0.5, 0.6) is 0 Å². The normalized spacial score (nSPS) is 19.1. The monoisotopic (exact) mass is 296 g/mol. The maximum Gasteiger partial charge on any atom is 0.254 e. The SMILES string of the molecule is C[C@@H]1CCCCN1C(=O)c1cc(Cl)c(C#N)c(Cl)c1. The van der Waals surface area contributed by atoms with Crippen molar-refractivity contribution in [2.75, 3.05) is 6.54 Å². The fourth-order valence-electron chi connectivity index (χ4n) is 2.37. The molecule has 0 saturated carbocycles. The fraction of sp³-hybridized carbons (Fsp3) is 0.429. The summed E-state index contributed by atoms with van der Waals surface area (Å²) < 4.78 is 0. The molecule has 1 heterocycles. The van der Waals surface area contributed by atoms with Crippen LogP contribution in [0, 0.1) is 11.3 Å². The van der Waals surface area contributed by atoms with E-state index in [4.69, 9.17) is 28.5 Å². The van der Waals surface area contributed by atoms with Gasteiger partial charge >= 0.3 is 0 Å². The van der Waals surface area contributed by atoms with Crippen LogP contribution >= 0.6 is 23.2 Å². The molecule has 0 aromatic heterocycles.